The van der Waals surface area contributed by atoms with E-state index in [1.807, 2.05) is 19.3 Å². The number of aromatic nitrogens is 2. The van der Waals surface area contributed by atoms with Gasteiger partial charge in [0.2, 0.25) is 5.96 Å². The van der Waals surface area contributed by atoms with Crippen LogP contribution in [0, 0.1) is 17.3 Å². The fourth-order valence-corrected chi connectivity index (χ4v) is 2.08. The predicted octanol–water partition coefficient (Wildman–Crippen LogP) is 1.84. The second-order valence-corrected chi connectivity index (χ2v) is 5.84. The van der Waals surface area contributed by atoms with Crippen molar-refractivity contribution in [2.45, 2.75) is 26.4 Å². The molecule has 1 heterocycles. The highest BCUT2D eigenvalue weighted by atomic mass is 35.5. The van der Waals surface area contributed by atoms with Crippen LogP contribution >= 0.6 is 11.6 Å². The fraction of sp³-hybridized carbons (Fsp3) is 0.267. The lowest BCUT2D eigenvalue weighted by Gasteiger charge is -2.10. The molecule has 2 rings (SSSR count). The van der Waals surface area contributed by atoms with Gasteiger partial charge in [0.05, 0.1) is 17.3 Å². The van der Waals surface area contributed by atoms with Crippen molar-refractivity contribution in [3.8, 4) is 6.19 Å². The smallest absolute Gasteiger partial charge is 0.205 e. The Morgan fingerprint density at radius 1 is 1.44 bits per heavy atom. The van der Waals surface area contributed by atoms with E-state index in [0.717, 1.165) is 6.07 Å². The number of rotatable bonds is 5. The molecule has 12 heteroatoms. The summed E-state index contributed by atoms with van der Waals surface area (Å²) in [7, 11) is 0. The van der Waals surface area contributed by atoms with Gasteiger partial charge in [0.1, 0.15) is 11.5 Å². The van der Waals surface area contributed by atoms with Crippen molar-refractivity contribution < 1.29 is 14.2 Å². The molecule has 0 atom stereocenters. The number of aliphatic imine (C=N–C) groups is 2. The summed E-state index contributed by atoms with van der Waals surface area (Å²) in [5, 5.41) is 30.8. The van der Waals surface area contributed by atoms with E-state index in [4.69, 9.17) is 16.9 Å². The Hall–Kier alpha value is -3.23. The fourth-order valence-electron chi connectivity index (χ4n) is 1.91. The van der Waals surface area contributed by atoms with E-state index in [1.165, 1.54) is 12.1 Å². The van der Waals surface area contributed by atoms with Crippen LogP contribution in [0.3, 0.4) is 0 Å². The number of benzene rings is 1. The van der Waals surface area contributed by atoms with Gasteiger partial charge in [-0.25, -0.2) is 19.0 Å². The van der Waals surface area contributed by atoms with E-state index in [1.54, 1.807) is 6.19 Å². The molecular weight excluding hydrogens is 379 g/mol. The lowest BCUT2D eigenvalue weighted by atomic mass is 10.3. The Morgan fingerprint density at radius 2 is 2.22 bits per heavy atom. The summed E-state index contributed by atoms with van der Waals surface area (Å²) in [4.78, 5) is 8.28. The number of hydroxylamine groups is 1. The molecule has 142 valence electrons. The first-order chi connectivity index (χ1) is 12.9. The number of hydrogen-bond acceptors (Lipinski definition) is 7. The molecule has 0 radical (unpaired) electrons. The third-order valence-corrected chi connectivity index (χ3v) is 3.31. The van der Waals surface area contributed by atoms with Crippen LogP contribution in [0.25, 0.3) is 0 Å². The lowest BCUT2D eigenvalue weighted by Crippen LogP contribution is -2.38. The minimum atomic E-state index is -0.595. The Labute approximate surface area is 158 Å². The van der Waals surface area contributed by atoms with Crippen LogP contribution in [-0.4, -0.2) is 33.4 Å². The largest absolute Gasteiger partial charge is 0.353 e. The molecular formula is C15H16ClFN8O2. The van der Waals surface area contributed by atoms with Crippen LogP contribution in [0.15, 0.2) is 32.8 Å². The van der Waals surface area contributed by atoms with Gasteiger partial charge in [-0.05, 0) is 37.2 Å². The Bertz CT molecular complexity index is 890. The molecule has 4 N–H and O–H groups in total. The quantitative estimate of drug-likeness (QED) is 0.198. The molecule has 10 nitrogen and oxygen atoms in total. The molecule has 0 saturated carbocycles. The van der Waals surface area contributed by atoms with Crippen LogP contribution in [0.1, 0.15) is 25.2 Å². The van der Waals surface area contributed by atoms with Gasteiger partial charge >= 0.3 is 0 Å². The highest BCUT2D eigenvalue weighted by Gasteiger charge is 2.17. The van der Waals surface area contributed by atoms with Crippen molar-refractivity contribution in [1.29, 1.82) is 5.26 Å². The van der Waals surface area contributed by atoms with Gasteiger partial charge in [-0.3, -0.25) is 16.0 Å². The standard InChI is InChI=1S/C15H16ClFN8O2/c1-8(2)21-15(20-7-18)19-6-12-13(25-27-24-12)14(23-26)22-9-3-4-11(17)10(16)5-9/h3-5,8,26H,6H2,1-2H3,(H,22,23)(H2,19,20,21). The summed E-state index contributed by atoms with van der Waals surface area (Å²) < 4.78 is 17.9. The number of halogens is 2. The number of nitrogens with one attached hydrogen (secondary N) is 3. The second kappa shape index (κ2) is 9.46. The number of guanidine groups is 1. The molecule has 0 aliphatic rings. The summed E-state index contributed by atoms with van der Waals surface area (Å²) >= 11 is 5.72. The summed E-state index contributed by atoms with van der Waals surface area (Å²) in [6, 6.07) is 3.82. The van der Waals surface area contributed by atoms with Crippen LogP contribution in [-0.2, 0) is 6.54 Å². The highest BCUT2D eigenvalue weighted by Crippen LogP contribution is 2.22. The van der Waals surface area contributed by atoms with Crippen LogP contribution in [0.5, 0.6) is 0 Å². The van der Waals surface area contributed by atoms with Crippen molar-refractivity contribution in [2.75, 3.05) is 0 Å². The van der Waals surface area contributed by atoms with Crippen LogP contribution in [0.2, 0.25) is 5.02 Å². The molecule has 0 aliphatic heterocycles. The normalized spacial score (nSPS) is 12.0. The van der Waals surface area contributed by atoms with E-state index in [0.29, 0.717) is 0 Å². The van der Waals surface area contributed by atoms with Gasteiger partial charge in [0.25, 0.3) is 0 Å². The Balaban J connectivity index is 2.28. The summed E-state index contributed by atoms with van der Waals surface area (Å²) in [5.74, 6) is -0.458. The second-order valence-electron chi connectivity index (χ2n) is 5.43. The lowest BCUT2D eigenvalue weighted by molar-refractivity contribution is 0.234. The highest BCUT2D eigenvalue weighted by molar-refractivity contribution is 6.31. The maximum absolute atomic E-state index is 13.3. The molecule has 0 amide bonds. The van der Waals surface area contributed by atoms with E-state index < -0.39 is 5.82 Å². The van der Waals surface area contributed by atoms with Gasteiger partial charge in [0, 0.05) is 6.04 Å². The minimum Gasteiger partial charge on any atom is -0.353 e. The van der Waals surface area contributed by atoms with Crippen molar-refractivity contribution in [2.24, 2.45) is 9.98 Å². The van der Waals surface area contributed by atoms with Crippen LogP contribution in [0.4, 0.5) is 10.1 Å². The van der Waals surface area contributed by atoms with Gasteiger partial charge in [0.15, 0.2) is 17.7 Å². The number of nitrogens with zero attached hydrogens (tertiary/aromatic N) is 5. The molecule has 2 aromatic rings. The Morgan fingerprint density at radius 3 is 2.85 bits per heavy atom. The zero-order valence-electron chi connectivity index (χ0n) is 14.4. The average molecular weight is 395 g/mol. The van der Waals surface area contributed by atoms with Gasteiger partial charge in [-0.15, -0.1) is 0 Å². The summed E-state index contributed by atoms with van der Waals surface area (Å²) in [5.41, 5.74) is 2.49. The molecule has 0 unspecified atom stereocenters. The van der Waals surface area contributed by atoms with Crippen LogP contribution < -0.4 is 16.1 Å². The topological polar surface area (TPSA) is 144 Å². The van der Waals surface area contributed by atoms with E-state index in [9.17, 15) is 9.60 Å². The van der Waals surface area contributed by atoms with Gasteiger partial charge < -0.3 is 5.32 Å². The third-order valence-electron chi connectivity index (χ3n) is 3.02. The number of hydrogen-bond donors (Lipinski definition) is 4. The van der Waals surface area contributed by atoms with Crippen molar-refractivity contribution in [1.82, 2.24) is 26.4 Å². The number of nitriles is 1. The SMILES string of the molecule is CC(C)NC(=NCc1nonc1C(=Nc1ccc(F)c(Cl)c1)NO)NC#N. The van der Waals surface area contributed by atoms with Crippen molar-refractivity contribution in [3.05, 3.63) is 40.4 Å². The van der Waals surface area contributed by atoms with E-state index in [-0.39, 0.29) is 46.5 Å². The zero-order chi connectivity index (χ0) is 19.8. The molecule has 0 fully saturated rings. The maximum Gasteiger partial charge on any atom is 0.205 e. The summed E-state index contributed by atoms with van der Waals surface area (Å²) in [6.45, 7) is 3.74. The third kappa shape index (κ3) is 5.63. The van der Waals surface area contributed by atoms with Gasteiger partial charge in [-0.2, -0.15) is 5.26 Å². The Kier molecular flexibility index (Phi) is 7.04. The van der Waals surface area contributed by atoms with E-state index in [2.05, 4.69) is 35.6 Å². The first-order valence-electron chi connectivity index (χ1n) is 7.66. The average Bonchev–Trinajstić information content (AvgIpc) is 3.08. The van der Waals surface area contributed by atoms with Crippen molar-refractivity contribution >= 4 is 29.1 Å². The number of amidine groups is 1. The monoisotopic (exact) mass is 394 g/mol. The molecule has 0 saturated heterocycles. The molecule has 27 heavy (non-hydrogen) atoms. The van der Waals surface area contributed by atoms with E-state index >= 15 is 0 Å². The first-order valence-corrected chi connectivity index (χ1v) is 8.04. The molecule has 0 aliphatic carbocycles. The zero-order valence-corrected chi connectivity index (χ0v) is 15.1. The predicted molar refractivity (Wildman–Crippen MR) is 95.0 cm³/mol. The molecule has 0 spiro atoms. The maximum atomic E-state index is 13.3. The molecule has 0 bridgehead atoms. The first kappa shape index (κ1) is 20.1. The van der Waals surface area contributed by atoms with Gasteiger partial charge in [-0.1, -0.05) is 16.8 Å². The molecule has 1 aromatic carbocycles. The molecule has 1 aromatic heterocycles. The minimum absolute atomic E-state index is 0.0204. The summed E-state index contributed by atoms with van der Waals surface area (Å²) in [6.07, 6.45) is 1.77. The van der Waals surface area contributed by atoms with Crippen molar-refractivity contribution in [3.63, 3.8) is 0 Å².